The van der Waals surface area contributed by atoms with E-state index in [0.717, 1.165) is 37.1 Å². The molecule has 104 valence electrons. The standard InChI is InChI=1S/C16H29NO/c1-2-12-7-9-17-15(10-12)16(18)8-3-4-14(11-16)13-5-6-13/h12-15,17-18H,2-11H2,1H3. The normalized spacial score (nSPS) is 46.0. The number of nitrogens with one attached hydrogen (secondary N) is 1. The Morgan fingerprint density at radius 2 is 2.00 bits per heavy atom. The summed E-state index contributed by atoms with van der Waals surface area (Å²) in [5.41, 5.74) is -0.390. The second kappa shape index (κ2) is 5.13. The molecule has 2 heteroatoms. The fourth-order valence-corrected chi connectivity index (χ4v) is 4.39. The summed E-state index contributed by atoms with van der Waals surface area (Å²) in [6.07, 6.45) is 11.4. The lowest BCUT2D eigenvalue weighted by atomic mass is 9.69. The molecule has 2 aliphatic carbocycles. The predicted octanol–water partition coefficient (Wildman–Crippen LogP) is 3.10. The first-order valence-corrected chi connectivity index (χ1v) is 8.17. The molecule has 0 aromatic rings. The quantitative estimate of drug-likeness (QED) is 0.808. The molecule has 1 aliphatic heterocycles. The van der Waals surface area contributed by atoms with E-state index in [1.165, 1.54) is 44.9 Å². The fourth-order valence-electron chi connectivity index (χ4n) is 4.39. The molecule has 2 N–H and O–H groups in total. The van der Waals surface area contributed by atoms with Gasteiger partial charge in [-0.25, -0.2) is 0 Å². The van der Waals surface area contributed by atoms with Crippen LogP contribution in [0.1, 0.15) is 64.7 Å². The van der Waals surface area contributed by atoms with E-state index in [2.05, 4.69) is 12.2 Å². The van der Waals surface area contributed by atoms with Gasteiger partial charge in [0.2, 0.25) is 0 Å². The molecule has 3 aliphatic rings. The van der Waals surface area contributed by atoms with Crippen LogP contribution in [0.2, 0.25) is 0 Å². The molecule has 4 unspecified atom stereocenters. The summed E-state index contributed by atoms with van der Waals surface area (Å²) in [5, 5.41) is 14.7. The largest absolute Gasteiger partial charge is 0.388 e. The lowest BCUT2D eigenvalue weighted by Crippen LogP contribution is -2.56. The highest BCUT2D eigenvalue weighted by Crippen LogP contribution is 2.48. The first kappa shape index (κ1) is 12.9. The molecule has 4 atom stereocenters. The minimum atomic E-state index is -0.390. The van der Waals surface area contributed by atoms with Gasteiger partial charge in [0.25, 0.3) is 0 Å². The maximum atomic E-state index is 11.1. The summed E-state index contributed by atoms with van der Waals surface area (Å²) in [4.78, 5) is 0. The molecule has 3 fully saturated rings. The summed E-state index contributed by atoms with van der Waals surface area (Å²) in [6, 6.07) is 0.373. The number of aliphatic hydroxyl groups is 1. The van der Waals surface area contributed by atoms with E-state index in [-0.39, 0.29) is 5.60 Å². The van der Waals surface area contributed by atoms with Crippen LogP contribution in [0.25, 0.3) is 0 Å². The van der Waals surface area contributed by atoms with E-state index in [9.17, 15) is 5.11 Å². The molecular weight excluding hydrogens is 222 g/mol. The van der Waals surface area contributed by atoms with Crippen LogP contribution < -0.4 is 5.32 Å². The first-order valence-electron chi connectivity index (χ1n) is 8.17. The molecule has 0 amide bonds. The lowest BCUT2D eigenvalue weighted by Gasteiger charge is -2.46. The van der Waals surface area contributed by atoms with Crippen molar-refractivity contribution in [2.45, 2.75) is 76.4 Å². The van der Waals surface area contributed by atoms with Crippen molar-refractivity contribution in [1.82, 2.24) is 5.32 Å². The van der Waals surface area contributed by atoms with Crippen LogP contribution in [0.15, 0.2) is 0 Å². The van der Waals surface area contributed by atoms with Crippen LogP contribution >= 0.6 is 0 Å². The number of rotatable bonds is 3. The van der Waals surface area contributed by atoms with Crippen molar-refractivity contribution in [3.63, 3.8) is 0 Å². The van der Waals surface area contributed by atoms with Gasteiger partial charge in [0.15, 0.2) is 0 Å². The topological polar surface area (TPSA) is 32.3 Å². The Kier molecular flexibility index (Phi) is 3.68. The average molecular weight is 251 g/mol. The maximum Gasteiger partial charge on any atom is 0.0802 e. The summed E-state index contributed by atoms with van der Waals surface area (Å²) >= 11 is 0. The van der Waals surface area contributed by atoms with Crippen LogP contribution in [0.4, 0.5) is 0 Å². The Morgan fingerprint density at radius 3 is 2.72 bits per heavy atom. The molecule has 18 heavy (non-hydrogen) atoms. The smallest absolute Gasteiger partial charge is 0.0802 e. The molecule has 2 saturated carbocycles. The molecular formula is C16H29NO. The predicted molar refractivity (Wildman–Crippen MR) is 74.4 cm³/mol. The van der Waals surface area contributed by atoms with Gasteiger partial charge in [-0.15, -0.1) is 0 Å². The molecule has 0 bridgehead atoms. The monoisotopic (exact) mass is 251 g/mol. The second-order valence-corrected chi connectivity index (χ2v) is 7.10. The van der Waals surface area contributed by atoms with E-state index in [1.807, 2.05) is 0 Å². The van der Waals surface area contributed by atoms with E-state index in [1.54, 1.807) is 0 Å². The Bertz CT molecular complexity index is 289. The van der Waals surface area contributed by atoms with Crippen LogP contribution in [-0.2, 0) is 0 Å². The zero-order valence-corrected chi connectivity index (χ0v) is 11.8. The number of hydrogen-bond donors (Lipinski definition) is 2. The molecule has 1 heterocycles. The van der Waals surface area contributed by atoms with Gasteiger partial charge in [0.1, 0.15) is 0 Å². The summed E-state index contributed by atoms with van der Waals surface area (Å²) < 4.78 is 0. The van der Waals surface area contributed by atoms with Gasteiger partial charge in [-0.3, -0.25) is 0 Å². The van der Waals surface area contributed by atoms with Crippen LogP contribution in [0.3, 0.4) is 0 Å². The second-order valence-electron chi connectivity index (χ2n) is 7.10. The van der Waals surface area contributed by atoms with Gasteiger partial charge in [-0.1, -0.05) is 19.8 Å². The van der Waals surface area contributed by atoms with Crippen molar-refractivity contribution in [3.05, 3.63) is 0 Å². The summed E-state index contributed by atoms with van der Waals surface area (Å²) in [7, 11) is 0. The summed E-state index contributed by atoms with van der Waals surface area (Å²) in [6.45, 7) is 3.41. The first-order chi connectivity index (χ1) is 8.71. The van der Waals surface area contributed by atoms with Gasteiger partial charge < -0.3 is 10.4 Å². The van der Waals surface area contributed by atoms with Gasteiger partial charge in [-0.05, 0) is 69.2 Å². The van der Waals surface area contributed by atoms with Gasteiger partial charge in [0, 0.05) is 6.04 Å². The minimum absolute atomic E-state index is 0.373. The Labute approximate surface area is 112 Å². The van der Waals surface area contributed by atoms with Gasteiger partial charge in [0.05, 0.1) is 5.60 Å². The van der Waals surface area contributed by atoms with Gasteiger partial charge >= 0.3 is 0 Å². The van der Waals surface area contributed by atoms with Crippen molar-refractivity contribution < 1.29 is 5.11 Å². The maximum absolute atomic E-state index is 11.1. The molecule has 3 rings (SSSR count). The highest BCUT2D eigenvalue weighted by molar-refractivity contribution is 5.00. The third-order valence-electron chi connectivity index (χ3n) is 5.83. The minimum Gasteiger partial charge on any atom is -0.388 e. The van der Waals surface area contributed by atoms with Crippen molar-refractivity contribution >= 4 is 0 Å². The highest BCUT2D eigenvalue weighted by atomic mass is 16.3. The Hall–Kier alpha value is -0.0800. The van der Waals surface area contributed by atoms with E-state index >= 15 is 0 Å². The SMILES string of the molecule is CCC1CCNC(C2(O)CCCC(C3CC3)C2)C1. The lowest BCUT2D eigenvalue weighted by molar-refractivity contribution is -0.0621. The van der Waals surface area contributed by atoms with Crippen molar-refractivity contribution in [3.8, 4) is 0 Å². The zero-order chi connectivity index (χ0) is 12.6. The Balaban J connectivity index is 1.64. The molecule has 1 saturated heterocycles. The molecule has 0 radical (unpaired) electrons. The van der Waals surface area contributed by atoms with E-state index < -0.39 is 0 Å². The third kappa shape index (κ3) is 2.60. The van der Waals surface area contributed by atoms with Crippen LogP contribution in [-0.4, -0.2) is 23.3 Å². The fraction of sp³-hybridized carbons (Fsp3) is 1.00. The molecule has 2 nitrogen and oxygen atoms in total. The number of piperidine rings is 1. The molecule has 0 aromatic heterocycles. The van der Waals surface area contributed by atoms with Crippen LogP contribution in [0, 0.1) is 17.8 Å². The van der Waals surface area contributed by atoms with E-state index in [4.69, 9.17) is 0 Å². The molecule has 0 aromatic carbocycles. The third-order valence-corrected chi connectivity index (χ3v) is 5.83. The Morgan fingerprint density at radius 1 is 1.17 bits per heavy atom. The van der Waals surface area contributed by atoms with Crippen molar-refractivity contribution in [2.24, 2.45) is 17.8 Å². The summed E-state index contributed by atoms with van der Waals surface area (Å²) in [5.74, 6) is 2.62. The highest BCUT2D eigenvalue weighted by Gasteiger charge is 2.46. The van der Waals surface area contributed by atoms with Gasteiger partial charge in [-0.2, -0.15) is 0 Å². The zero-order valence-electron chi connectivity index (χ0n) is 11.8. The van der Waals surface area contributed by atoms with E-state index in [0.29, 0.717) is 6.04 Å². The molecule has 0 spiro atoms. The van der Waals surface area contributed by atoms with Crippen LogP contribution in [0.5, 0.6) is 0 Å². The van der Waals surface area contributed by atoms with Crippen molar-refractivity contribution in [2.75, 3.05) is 6.54 Å². The average Bonchev–Trinajstić information content (AvgIpc) is 3.23. The number of hydrogen-bond acceptors (Lipinski definition) is 2. The van der Waals surface area contributed by atoms with Crippen molar-refractivity contribution in [1.29, 1.82) is 0 Å².